The van der Waals surface area contributed by atoms with Crippen LogP contribution in [-0.2, 0) is 11.2 Å². The highest BCUT2D eigenvalue weighted by molar-refractivity contribution is 5.25. The minimum atomic E-state index is 0.205. The third-order valence-electron chi connectivity index (χ3n) is 3.70. The molecule has 1 aliphatic heterocycles. The standard InChI is InChI=1S/C16H25NO/c1-12(2)10-13-5-7-14(8-6-13)16-15(11-17)4-3-9-18-16/h5-8,12,15-16H,3-4,9-11,17H2,1-2H3. The number of benzene rings is 1. The van der Waals surface area contributed by atoms with Crippen molar-refractivity contribution in [2.45, 2.75) is 39.2 Å². The Bertz CT molecular complexity index is 358. The summed E-state index contributed by atoms with van der Waals surface area (Å²) in [5, 5.41) is 0. The molecule has 100 valence electrons. The Hall–Kier alpha value is -0.860. The molecule has 1 aliphatic rings. The number of hydrogen-bond acceptors (Lipinski definition) is 2. The lowest BCUT2D eigenvalue weighted by atomic mass is 9.89. The maximum atomic E-state index is 5.91. The number of hydrogen-bond donors (Lipinski definition) is 1. The summed E-state index contributed by atoms with van der Waals surface area (Å²) in [7, 11) is 0. The average Bonchev–Trinajstić information content (AvgIpc) is 2.39. The van der Waals surface area contributed by atoms with Crippen LogP contribution in [0.3, 0.4) is 0 Å². The Balaban J connectivity index is 2.07. The van der Waals surface area contributed by atoms with Crippen LogP contribution in [0, 0.1) is 11.8 Å². The van der Waals surface area contributed by atoms with Crippen LogP contribution in [0.25, 0.3) is 0 Å². The Morgan fingerprint density at radius 2 is 2.00 bits per heavy atom. The lowest BCUT2D eigenvalue weighted by molar-refractivity contribution is -0.0251. The van der Waals surface area contributed by atoms with E-state index in [1.165, 1.54) is 17.5 Å². The Kier molecular flexibility index (Phi) is 4.79. The second kappa shape index (κ2) is 6.35. The van der Waals surface area contributed by atoms with Crippen LogP contribution in [-0.4, -0.2) is 13.2 Å². The van der Waals surface area contributed by atoms with Crippen molar-refractivity contribution in [1.29, 1.82) is 0 Å². The van der Waals surface area contributed by atoms with Crippen molar-refractivity contribution in [1.82, 2.24) is 0 Å². The monoisotopic (exact) mass is 247 g/mol. The molecule has 0 radical (unpaired) electrons. The van der Waals surface area contributed by atoms with E-state index in [2.05, 4.69) is 38.1 Å². The number of rotatable bonds is 4. The third-order valence-corrected chi connectivity index (χ3v) is 3.70. The predicted molar refractivity (Wildman–Crippen MR) is 75.5 cm³/mol. The first-order chi connectivity index (χ1) is 8.70. The largest absolute Gasteiger partial charge is 0.373 e. The van der Waals surface area contributed by atoms with Crippen molar-refractivity contribution in [3.8, 4) is 0 Å². The van der Waals surface area contributed by atoms with Crippen molar-refractivity contribution in [2.24, 2.45) is 17.6 Å². The molecule has 1 aromatic rings. The molecule has 2 N–H and O–H groups in total. The molecule has 0 bridgehead atoms. The van der Waals surface area contributed by atoms with E-state index >= 15 is 0 Å². The highest BCUT2D eigenvalue weighted by Gasteiger charge is 2.26. The molecule has 2 nitrogen and oxygen atoms in total. The van der Waals surface area contributed by atoms with Crippen molar-refractivity contribution in [2.75, 3.05) is 13.2 Å². The van der Waals surface area contributed by atoms with Gasteiger partial charge >= 0.3 is 0 Å². The molecule has 1 saturated heterocycles. The SMILES string of the molecule is CC(C)Cc1ccc(C2OCCCC2CN)cc1. The van der Waals surface area contributed by atoms with Gasteiger partial charge in [0.15, 0.2) is 0 Å². The van der Waals surface area contributed by atoms with Gasteiger partial charge in [-0.25, -0.2) is 0 Å². The van der Waals surface area contributed by atoms with E-state index < -0.39 is 0 Å². The zero-order chi connectivity index (χ0) is 13.0. The molecule has 1 fully saturated rings. The molecule has 18 heavy (non-hydrogen) atoms. The Labute approximate surface area is 111 Å². The van der Waals surface area contributed by atoms with Crippen molar-refractivity contribution >= 4 is 0 Å². The summed E-state index contributed by atoms with van der Waals surface area (Å²) in [4.78, 5) is 0. The first-order valence-electron chi connectivity index (χ1n) is 7.11. The molecule has 1 aromatic carbocycles. The van der Waals surface area contributed by atoms with Crippen LogP contribution >= 0.6 is 0 Å². The summed E-state index contributed by atoms with van der Waals surface area (Å²) >= 11 is 0. The molecule has 2 atom stereocenters. The molecule has 0 saturated carbocycles. The minimum Gasteiger partial charge on any atom is -0.373 e. The van der Waals surface area contributed by atoms with Gasteiger partial charge in [0.1, 0.15) is 0 Å². The maximum absolute atomic E-state index is 5.91. The van der Waals surface area contributed by atoms with Gasteiger partial charge in [0, 0.05) is 12.5 Å². The second-order valence-corrected chi connectivity index (χ2v) is 5.77. The minimum absolute atomic E-state index is 0.205. The smallest absolute Gasteiger partial charge is 0.0865 e. The lowest BCUT2D eigenvalue weighted by Gasteiger charge is -2.31. The number of nitrogens with two attached hydrogens (primary N) is 1. The van der Waals surface area contributed by atoms with Gasteiger partial charge in [-0.3, -0.25) is 0 Å². The zero-order valence-corrected chi connectivity index (χ0v) is 11.6. The predicted octanol–water partition coefficient (Wildman–Crippen LogP) is 3.31. The molecular formula is C16H25NO. The van der Waals surface area contributed by atoms with Crippen LogP contribution in [0.5, 0.6) is 0 Å². The van der Waals surface area contributed by atoms with Gasteiger partial charge in [-0.05, 0) is 42.9 Å². The summed E-state index contributed by atoms with van der Waals surface area (Å²) in [5.41, 5.74) is 8.55. The number of ether oxygens (including phenoxy) is 1. The first kappa shape index (κ1) is 13.6. The summed E-state index contributed by atoms with van der Waals surface area (Å²) in [5.74, 6) is 1.19. The van der Waals surface area contributed by atoms with Gasteiger partial charge in [0.2, 0.25) is 0 Å². The van der Waals surface area contributed by atoms with Gasteiger partial charge in [0.05, 0.1) is 6.10 Å². The van der Waals surface area contributed by atoms with E-state index in [9.17, 15) is 0 Å². The molecule has 1 heterocycles. The fraction of sp³-hybridized carbons (Fsp3) is 0.625. The zero-order valence-electron chi connectivity index (χ0n) is 11.6. The molecule has 0 amide bonds. The van der Waals surface area contributed by atoms with E-state index in [0.29, 0.717) is 11.8 Å². The van der Waals surface area contributed by atoms with Crippen molar-refractivity contribution < 1.29 is 4.74 Å². The molecule has 0 aliphatic carbocycles. The van der Waals surface area contributed by atoms with Crippen molar-refractivity contribution in [3.63, 3.8) is 0 Å². The molecule has 2 heteroatoms. The summed E-state index contributed by atoms with van der Waals surface area (Å²) in [6, 6.07) is 8.91. The van der Waals surface area contributed by atoms with Gasteiger partial charge in [-0.2, -0.15) is 0 Å². The quantitative estimate of drug-likeness (QED) is 0.886. The first-order valence-corrected chi connectivity index (χ1v) is 7.11. The maximum Gasteiger partial charge on any atom is 0.0865 e. The fourth-order valence-corrected chi connectivity index (χ4v) is 2.77. The van der Waals surface area contributed by atoms with Crippen LogP contribution in [0.1, 0.15) is 43.9 Å². The third kappa shape index (κ3) is 3.33. The normalized spacial score (nSPS) is 24.4. The molecule has 0 spiro atoms. The van der Waals surface area contributed by atoms with Gasteiger partial charge in [-0.15, -0.1) is 0 Å². The lowest BCUT2D eigenvalue weighted by Crippen LogP contribution is -2.28. The highest BCUT2D eigenvalue weighted by Crippen LogP contribution is 2.33. The summed E-state index contributed by atoms with van der Waals surface area (Å²) < 4.78 is 5.91. The van der Waals surface area contributed by atoms with E-state index in [1.54, 1.807) is 0 Å². The Morgan fingerprint density at radius 3 is 2.61 bits per heavy atom. The molecule has 2 unspecified atom stereocenters. The second-order valence-electron chi connectivity index (χ2n) is 5.77. The van der Waals surface area contributed by atoms with E-state index in [4.69, 9.17) is 10.5 Å². The van der Waals surface area contributed by atoms with Crippen LogP contribution in [0.15, 0.2) is 24.3 Å². The van der Waals surface area contributed by atoms with E-state index in [0.717, 1.165) is 26.0 Å². The summed E-state index contributed by atoms with van der Waals surface area (Å²) in [6.07, 6.45) is 3.68. The van der Waals surface area contributed by atoms with E-state index in [-0.39, 0.29) is 6.10 Å². The van der Waals surface area contributed by atoms with Crippen LogP contribution < -0.4 is 5.73 Å². The molecule has 0 aromatic heterocycles. The topological polar surface area (TPSA) is 35.2 Å². The van der Waals surface area contributed by atoms with Gasteiger partial charge < -0.3 is 10.5 Å². The molecular weight excluding hydrogens is 222 g/mol. The van der Waals surface area contributed by atoms with E-state index in [1.807, 2.05) is 0 Å². The van der Waals surface area contributed by atoms with Gasteiger partial charge in [0.25, 0.3) is 0 Å². The highest BCUT2D eigenvalue weighted by atomic mass is 16.5. The molecule has 2 rings (SSSR count). The van der Waals surface area contributed by atoms with Crippen LogP contribution in [0.2, 0.25) is 0 Å². The fourth-order valence-electron chi connectivity index (χ4n) is 2.77. The van der Waals surface area contributed by atoms with Gasteiger partial charge in [-0.1, -0.05) is 38.1 Å². The average molecular weight is 247 g/mol. The van der Waals surface area contributed by atoms with Crippen LogP contribution in [0.4, 0.5) is 0 Å². The van der Waals surface area contributed by atoms with Crippen molar-refractivity contribution in [3.05, 3.63) is 35.4 Å². The summed E-state index contributed by atoms with van der Waals surface area (Å²) in [6.45, 7) is 6.10. The Morgan fingerprint density at radius 1 is 1.28 bits per heavy atom.